The summed E-state index contributed by atoms with van der Waals surface area (Å²) in [5.41, 5.74) is 0. The summed E-state index contributed by atoms with van der Waals surface area (Å²) in [5.74, 6) is -2.39. The molecule has 31 nitrogen and oxygen atoms in total. The quantitative estimate of drug-likeness (QED) is 0.0263. The molecule has 0 radical (unpaired) electrons. The van der Waals surface area contributed by atoms with Gasteiger partial charge >= 0.3 is 0 Å². The van der Waals surface area contributed by atoms with Gasteiger partial charge in [0.15, 0.2) is 37.4 Å². The molecule has 4 heterocycles. The molecule has 2 amide bonds. The van der Waals surface area contributed by atoms with E-state index in [9.17, 15) is 65.8 Å². The molecule has 0 aromatic carbocycles. The van der Waals surface area contributed by atoms with Crippen LogP contribution in [0.5, 0.6) is 0 Å². The Hall–Kier alpha value is -2.14. The zero-order chi connectivity index (χ0) is 66.3. The fraction of sp³-hybridized carbons (Fsp3) is 0.966. The number of amides is 2. The molecule has 530 valence electrons. The lowest BCUT2D eigenvalue weighted by Crippen LogP contribution is -2.59. The van der Waals surface area contributed by atoms with Crippen LogP contribution in [0.15, 0.2) is 0 Å². The summed E-state index contributed by atoms with van der Waals surface area (Å²) >= 11 is 0. The van der Waals surface area contributed by atoms with Gasteiger partial charge in [0.2, 0.25) is 0 Å². The van der Waals surface area contributed by atoms with Crippen LogP contribution in [-0.4, -0.2) is 329 Å². The predicted molar refractivity (Wildman–Crippen MR) is 313 cm³/mol. The Kier molecular flexibility index (Phi) is 39.1. The molecule has 24 atom stereocenters. The minimum Gasteiger partial charge on any atom is -0.391 e. The first-order chi connectivity index (χ1) is 43.0. The zero-order valence-corrected chi connectivity index (χ0v) is 53.7. The van der Waals surface area contributed by atoms with Crippen LogP contribution >= 0.6 is 0 Å². The highest BCUT2D eigenvalue weighted by atomic mass is 16.8. The molecule has 4 rings (SSSR count). The highest BCUT2D eigenvalue weighted by Gasteiger charge is 2.49. The van der Waals surface area contributed by atoms with E-state index >= 15 is 0 Å². The Labute approximate surface area is 528 Å². The molecule has 0 aliphatic carbocycles. The number of hydrogen-bond acceptors (Lipinski definition) is 29. The smallest absolute Gasteiger partial charge is 0.251 e. The molecule has 0 bridgehead atoms. The van der Waals surface area contributed by atoms with Crippen LogP contribution in [0.25, 0.3) is 0 Å². The molecule has 0 saturated carbocycles. The van der Waals surface area contributed by atoms with Gasteiger partial charge in [0.05, 0.1) is 116 Å². The van der Waals surface area contributed by atoms with Crippen molar-refractivity contribution < 1.29 is 142 Å². The number of nitrogens with one attached hydrogen (secondary N) is 2. The van der Waals surface area contributed by atoms with Crippen molar-refractivity contribution in [2.45, 2.75) is 234 Å². The van der Waals surface area contributed by atoms with E-state index in [-0.39, 0.29) is 104 Å². The summed E-state index contributed by atoms with van der Waals surface area (Å²) in [6.07, 6.45) is -19.4. The number of ether oxygens (including phenoxy) is 16. The first kappa shape index (κ1) is 80.3. The summed E-state index contributed by atoms with van der Waals surface area (Å²) in [6.45, 7) is 11.3. The second-order valence-electron chi connectivity index (χ2n) is 24.0. The van der Waals surface area contributed by atoms with E-state index in [1.807, 2.05) is 0 Å². The van der Waals surface area contributed by atoms with E-state index in [1.165, 1.54) is 14.2 Å². The fourth-order valence-electron chi connectivity index (χ4n) is 9.95. The Balaban J connectivity index is 0.961. The molecule has 4 fully saturated rings. The minimum absolute atomic E-state index is 0.00198. The Morgan fingerprint density at radius 2 is 0.789 bits per heavy atom. The topological polar surface area (TPSA) is 428 Å². The van der Waals surface area contributed by atoms with Gasteiger partial charge < -0.3 is 143 Å². The number of hydrogen-bond donors (Lipinski definition) is 13. The van der Waals surface area contributed by atoms with Gasteiger partial charge in [0, 0.05) is 52.4 Å². The van der Waals surface area contributed by atoms with Gasteiger partial charge in [-0.25, -0.2) is 0 Å². The predicted octanol–water partition coefficient (Wildman–Crippen LogP) is -3.51. The molecule has 0 spiro atoms. The van der Waals surface area contributed by atoms with Gasteiger partial charge in [-0.1, -0.05) is 39.5 Å². The molecule has 0 aromatic heterocycles. The highest BCUT2D eigenvalue weighted by Crippen LogP contribution is 2.31. The average Bonchev–Trinajstić information content (AvgIpc) is 2.79. The van der Waals surface area contributed by atoms with Crippen LogP contribution in [0.1, 0.15) is 92.9 Å². The largest absolute Gasteiger partial charge is 0.391 e. The van der Waals surface area contributed by atoms with E-state index in [0.717, 1.165) is 12.8 Å². The van der Waals surface area contributed by atoms with Crippen molar-refractivity contribution in [1.29, 1.82) is 0 Å². The second kappa shape index (κ2) is 43.8. The summed E-state index contributed by atoms with van der Waals surface area (Å²) in [6, 6.07) is 0. The van der Waals surface area contributed by atoms with Crippen molar-refractivity contribution in [3.63, 3.8) is 0 Å². The molecular weight excluding hydrogens is 1200 g/mol. The molecule has 0 aromatic rings. The standard InChI is InChI=1S/C59H110N2O29/c1-33-21-85-58(50(43(33)66)81-23-35(3)62)89-41-31-87-56(75-7)52(45(41)68)83-25-37(5)79-29-39(64)27-77-19-15-11-9-13-17-60-54(73)48(71)47(70)49(72)55(74)61-18-14-10-12-16-20-78-28-40(65)30-80-38(6)26-84-53-46(69)42(32-88-57(53)76-8)90-59-51(82-24-36(4)63)44(67)34(2)22-86-59/h33-53,56-59,62-72H,9-32H2,1-8H3,(H,60,73)(H,61,74). The van der Waals surface area contributed by atoms with Crippen molar-refractivity contribution in [1.82, 2.24) is 10.6 Å². The van der Waals surface area contributed by atoms with Crippen molar-refractivity contribution in [3.8, 4) is 0 Å². The van der Waals surface area contributed by atoms with E-state index in [1.54, 1.807) is 41.5 Å². The van der Waals surface area contributed by atoms with Crippen LogP contribution in [0.2, 0.25) is 0 Å². The molecule has 90 heavy (non-hydrogen) atoms. The number of rotatable bonds is 46. The number of methoxy groups -OCH3 is 2. The third-order valence-electron chi connectivity index (χ3n) is 15.4. The van der Waals surface area contributed by atoms with Gasteiger partial charge in [-0.05, 0) is 53.4 Å². The Morgan fingerprint density at radius 1 is 0.444 bits per heavy atom. The maximum Gasteiger partial charge on any atom is 0.251 e. The third-order valence-corrected chi connectivity index (χ3v) is 15.4. The summed E-state index contributed by atoms with van der Waals surface area (Å²) in [4.78, 5) is 25.0. The molecule has 4 saturated heterocycles. The lowest BCUT2D eigenvalue weighted by atomic mass is 9.97. The van der Waals surface area contributed by atoms with Crippen LogP contribution in [-0.2, 0) is 85.4 Å². The molecule has 24 unspecified atom stereocenters. The van der Waals surface area contributed by atoms with Crippen molar-refractivity contribution >= 4 is 11.8 Å². The molecule has 4 aliphatic heterocycles. The van der Waals surface area contributed by atoms with E-state index < -0.39 is 153 Å². The van der Waals surface area contributed by atoms with Crippen molar-refractivity contribution in [2.24, 2.45) is 11.8 Å². The summed E-state index contributed by atoms with van der Waals surface area (Å²) in [5, 5.41) is 120. The number of aliphatic hydroxyl groups excluding tert-OH is 11. The SMILES string of the molecule is COC1OCC(OC2OCC(C)C(O)C2OCC(C)O)C(O)C1OCC(C)OCC(O)COCCCCCCNC(=O)C(O)C(O)C(O)C(=O)NCCCCCCOCC(O)COC(C)COC1C(OC)OCC(OC2OCC(C)C(O)C2OCC(C)O)C1O. The van der Waals surface area contributed by atoms with Gasteiger partial charge in [-0.3, -0.25) is 9.59 Å². The van der Waals surface area contributed by atoms with E-state index in [0.29, 0.717) is 51.7 Å². The molecule has 4 aliphatic rings. The van der Waals surface area contributed by atoms with Gasteiger partial charge in [-0.15, -0.1) is 0 Å². The van der Waals surface area contributed by atoms with Crippen LogP contribution < -0.4 is 10.6 Å². The second-order valence-corrected chi connectivity index (χ2v) is 24.0. The number of carbonyl (C=O) groups is 2. The maximum atomic E-state index is 12.5. The van der Waals surface area contributed by atoms with Crippen molar-refractivity contribution in [2.75, 3.05) is 120 Å². The van der Waals surface area contributed by atoms with Gasteiger partial charge in [0.25, 0.3) is 11.8 Å². The molecular formula is C59H110N2O29. The average molecular weight is 1310 g/mol. The van der Waals surface area contributed by atoms with Crippen LogP contribution in [0.4, 0.5) is 0 Å². The Morgan fingerprint density at radius 3 is 1.16 bits per heavy atom. The first-order valence-corrected chi connectivity index (χ1v) is 31.7. The zero-order valence-electron chi connectivity index (χ0n) is 53.7. The molecule has 31 heteroatoms. The van der Waals surface area contributed by atoms with Crippen LogP contribution in [0.3, 0.4) is 0 Å². The summed E-state index contributed by atoms with van der Waals surface area (Å²) in [7, 11) is 2.82. The highest BCUT2D eigenvalue weighted by molar-refractivity contribution is 5.85. The number of carbonyl (C=O) groups excluding carboxylic acids is 2. The number of unbranched alkanes of at least 4 members (excludes halogenated alkanes) is 6. The van der Waals surface area contributed by atoms with E-state index in [2.05, 4.69) is 10.6 Å². The van der Waals surface area contributed by atoms with Gasteiger partial charge in [-0.2, -0.15) is 0 Å². The normalized spacial score (nSPS) is 32.3. The Bertz CT molecular complexity index is 1760. The number of aliphatic hydroxyl groups is 11. The lowest BCUT2D eigenvalue weighted by molar-refractivity contribution is -0.332. The minimum atomic E-state index is -2.06. The molecule has 13 N–H and O–H groups in total. The third kappa shape index (κ3) is 28.3. The fourth-order valence-corrected chi connectivity index (χ4v) is 9.95. The first-order valence-electron chi connectivity index (χ1n) is 31.7. The van der Waals surface area contributed by atoms with Gasteiger partial charge in [0.1, 0.15) is 67.1 Å². The van der Waals surface area contributed by atoms with Crippen LogP contribution in [0, 0.1) is 11.8 Å². The van der Waals surface area contributed by atoms with Crippen molar-refractivity contribution in [3.05, 3.63) is 0 Å². The van der Waals surface area contributed by atoms with E-state index in [4.69, 9.17) is 75.8 Å². The monoisotopic (exact) mass is 1310 g/mol. The summed E-state index contributed by atoms with van der Waals surface area (Å²) < 4.78 is 92.0. The maximum absolute atomic E-state index is 12.5. The lowest BCUT2D eigenvalue weighted by Gasteiger charge is -2.44.